The summed E-state index contributed by atoms with van der Waals surface area (Å²) in [7, 11) is 0. The molecule has 1 fully saturated rings. The van der Waals surface area contributed by atoms with Crippen molar-refractivity contribution < 1.29 is 9.90 Å². The quantitative estimate of drug-likeness (QED) is 0.729. The Balaban J connectivity index is 2.25. The van der Waals surface area contributed by atoms with Gasteiger partial charge in [0.25, 0.3) is 0 Å². The highest BCUT2D eigenvalue weighted by Crippen LogP contribution is 2.39. The topological polar surface area (TPSA) is 49.3 Å². The summed E-state index contributed by atoms with van der Waals surface area (Å²) in [5.41, 5.74) is 0. The first-order valence-electron chi connectivity index (χ1n) is 5.65. The maximum Gasteiger partial charge on any atom is 0.220 e. The molecule has 0 spiro atoms. The van der Waals surface area contributed by atoms with E-state index in [9.17, 15) is 4.79 Å². The molecular weight excluding hydrogens is 210 g/mol. The van der Waals surface area contributed by atoms with Crippen molar-refractivity contribution in [2.45, 2.75) is 43.3 Å². The molecule has 0 aromatic carbocycles. The van der Waals surface area contributed by atoms with E-state index in [1.807, 2.05) is 11.8 Å². The number of hydrogen-bond acceptors (Lipinski definition) is 3. The van der Waals surface area contributed by atoms with Gasteiger partial charge in [0.05, 0.1) is 0 Å². The largest absolute Gasteiger partial charge is 0.396 e. The van der Waals surface area contributed by atoms with Crippen molar-refractivity contribution in [3.63, 3.8) is 0 Å². The lowest BCUT2D eigenvalue weighted by Crippen LogP contribution is -2.38. The lowest BCUT2D eigenvalue weighted by Gasteiger charge is -2.26. The van der Waals surface area contributed by atoms with Crippen molar-refractivity contribution >= 4 is 17.7 Å². The van der Waals surface area contributed by atoms with Crippen LogP contribution in [0.3, 0.4) is 0 Å². The van der Waals surface area contributed by atoms with E-state index in [4.69, 9.17) is 5.11 Å². The Kier molecular flexibility index (Phi) is 5.47. The van der Waals surface area contributed by atoms with Crippen LogP contribution in [0, 0.1) is 0 Å². The number of aliphatic hydroxyl groups excluding tert-OH is 1. The van der Waals surface area contributed by atoms with Crippen LogP contribution in [0.1, 0.15) is 38.5 Å². The van der Waals surface area contributed by atoms with Crippen LogP contribution >= 0.6 is 11.8 Å². The molecule has 1 aliphatic rings. The van der Waals surface area contributed by atoms with Gasteiger partial charge in [0.2, 0.25) is 5.91 Å². The van der Waals surface area contributed by atoms with E-state index in [0.717, 1.165) is 6.54 Å². The number of rotatable bonds is 6. The van der Waals surface area contributed by atoms with Gasteiger partial charge in [-0.25, -0.2) is 0 Å². The zero-order valence-corrected chi connectivity index (χ0v) is 10.2. The van der Waals surface area contributed by atoms with E-state index in [1.54, 1.807) is 0 Å². The lowest BCUT2D eigenvalue weighted by atomic mass is 10.1. The molecule has 3 nitrogen and oxygen atoms in total. The van der Waals surface area contributed by atoms with Crippen molar-refractivity contribution in [3.05, 3.63) is 0 Å². The summed E-state index contributed by atoms with van der Waals surface area (Å²) < 4.78 is 0.287. The second-order valence-corrected chi connectivity index (χ2v) is 5.47. The fourth-order valence-electron chi connectivity index (χ4n) is 2.06. The molecule has 4 heteroatoms. The lowest BCUT2D eigenvalue weighted by molar-refractivity contribution is -0.121. The van der Waals surface area contributed by atoms with Gasteiger partial charge in [-0.15, -0.1) is 0 Å². The maximum absolute atomic E-state index is 11.4. The van der Waals surface area contributed by atoms with Gasteiger partial charge in [-0.3, -0.25) is 4.79 Å². The number of nitrogens with one attached hydrogen (secondary N) is 1. The van der Waals surface area contributed by atoms with Crippen LogP contribution in [0.15, 0.2) is 0 Å². The van der Waals surface area contributed by atoms with E-state index < -0.39 is 0 Å². The maximum atomic E-state index is 11.4. The molecule has 0 aromatic heterocycles. The Labute approximate surface area is 96.0 Å². The van der Waals surface area contributed by atoms with E-state index in [1.165, 1.54) is 25.7 Å². The molecule has 1 rings (SSSR count). The summed E-state index contributed by atoms with van der Waals surface area (Å²) in [5.74, 6) is 0.0735. The molecule has 0 aromatic rings. The van der Waals surface area contributed by atoms with Crippen LogP contribution < -0.4 is 5.32 Å². The molecular formula is C11H21NO2S. The normalized spacial score (nSPS) is 19.1. The molecule has 15 heavy (non-hydrogen) atoms. The molecule has 0 atom stereocenters. The summed E-state index contributed by atoms with van der Waals surface area (Å²) in [4.78, 5) is 11.4. The number of carbonyl (C=O) groups excluding carboxylic acids is 1. The van der Waals surface area contributed by atoms with Crippen molar-refractivity contribution in [2.24, 2.45) is 0 Å². The fraction of sp³-hybridized carbons (Fsp3) is 0.909. The zero-order chi connectivity index (χ0) is 11.1. The van der Waals surface area contributed by atoms with Crippen molar-refractivity contribution in [3.8, 4) is 0 Å². The van der Waals surface area contributed by atoms with Crippen LogP contribution in [0.4, 0.5) is 0 Å². The van der Waals surface area contributed by atoms with E-state index >= 15 is 0 Å². The zero-order valence-electron chi connectivity index (χ0n) is 9.42. The first-order chi connectivity index (χ1) is 7.22. The molecule has 1 aliphatic carbocycles. The Morgan fingerprint density at radius 1 is 1.47 bits per heavy atom. The standard InChI is InChI=1S/C11H21NO2S/c1-15-11(6-2-3-7-11)9-12-10(14)5-4-8-13/h13H,2-9H2,1H3,(H,12,14). The second kappa shape index (κ2) is 6.38. The monoisotopic (exact) mass is 231 g/mol. The number of thioether (sulfide) groups is 1. The molecule has 0 bridgehead atoms. The highest BCUT2D eigenvalue weighted by molar-refractivity contribution is 8.00. The van der Waals surface area contributed by atoms with Crippen LogP contribution in [0.25, 0.3) is 0 Å². The minimum atomic E-state index is 0.0735. The Morgan fingerprint density at radius 2 is 2.13 bits per heavy atom. The number of carbonyl (C=O) groups is 1. The molecule has 0 unspecified atom stereocenters. The summed E-state index contributed by atoms with van der Waals surface area (Å²) in [6.07, 6.45) is 8.15. The SMILES string of the molecule is CSC1(CNC(=O)CCCO)CCCC1. The van der Waals surface area contributed by atoms with E-state index in [2.05, 4.69) is 11.6 Å². The van der Waals surface area contributed by atoms with Gasteiger partial charge >= 0.3 is 0 Å². The number of hydrogen-bond donors (Lipinski definition) is 2. The average Bonchev–Trinajstić information content (AvgIpc) is 2.73. The number of aliphatic hydroxyl groups is 1. The summed E-state index contributed by atoms with van der Waals surface area (Å²) >= 11 is 1.88. The third-order valence-corrected chi connectivity index (χ3v) is 4.54. The van der Waals surface area contributed by atoms with Crippen molar-refractivity contribution in [2.75, 3.05) is 19.4 Å². The predicted octanol–water partition coefficient (Wildman–Crippen LogP) is 1.55. The van der Waals surface area contributed by atoms with Crippen molar-refractivity contribution in [1.82, 2.24) is 5.32 Å². The Bertz CT molecular complexity index is 203. The number of amides is 1. The fourth-order valence-corrected chi connectivity index (χ4v) is 2.97. The molecule has 0 aliphatic heterocycles. The van der Waals surface area contributed by atoms with Crippen LogP contribution in [-0.2, 0) is 4.79 Å². The summed E-state index contributed by atoms with van der Waals surface area (Å²) in [6.45, 7) is 0.888. The highest BCUT2D eigenvalue weighted by atomic mass is 32.2. The molecule has 0 saturated heterocycles. The predicted molar refractivity (Wildman–Crippen MR) is 64.0 cm³/mol. The first-order valence-corrected chi connectivity index (χ1v) is 6.88. The molecule has 0 heterocycles. The Hall–Kier alpha value is -0.220. The van der Waals surface area contributed by atoms with Gasteiger partial charge in [-0.1, -0.05) is 12.8 Å². The third kappa shape index (κ3) is 4.03. The highest BCUT2D eigenvalue weighted by Gasteiger charge is 2.32. The minimum Gasteiger partial charge on any atom is -0.396 e. The van der Waals surface area contributed by atoms with E-state index in [-0.39, 0.29) is 17.3 Å². The van der Waals surface area contributed by atoms with Gasteiger partial charge in [0.15, 0.2) is 0 Å². The van der Waals surface area contributed by atoms with E-state index in [0.29, 0.717) is 12.8 Å². The van der Waals surface area contributed by atoms with Gasteiger partial charge < -0.3 is 10.4 Å². The molecule has 1 saturated carbocycles. The van der Waals surface area contributed by atoms with Gasteiger partial charge in [0.1, 0.15) is 0 Å². The van der Waals surface area contributed by atoms with Gasteiger partial charge in [0, 0.05) is 24.3 Å². The molecule has 2 N–H and O–H groups in total. The van der Waals surface area contributed by atoms with Gasteiger partial charge in [-0.05, 0) is 25.5 Å². The molecule has 88 valence electrons. The molecule has 1 amide bonds. The minimum absolute atomic E-state index is 0.0735. The second-order valence-electron chi connectivity index (χ2n) is 4.20. The summed E-state index contributed by atoms with van der Waals surface area (Å²) in [5, 5.41) is 11.6. The summed E-state index contributed by atoms with van der Waals surface area (Å²) in [6, 6.07) is 0. The van der Waals surface area contributed by atoms with Gasteiger partial charge in [-0.2, -0.15) is 11.8 Å². The van der Waals surface area contributed by atoms with Crippen LogP contribution in [-0.4, -0.2) is 35.2 Å². The Morgan fingerprint density at radius 3 is 2.67 bits per heavy atom. The van der Waals surface area contributed by atoms with Crippen LogP contribution in [0.5, 0.6) is 0 Å². The third-order valence-electron chi connectivity index (χ3n) is 3.12. The average molecular weight is 231 g/mol. The van der Waals surface area contributed by atoms with Crippen LogP contribution in [0.2, 0.25) is 0 Å². The first kappa shape index (κ1) is 12.8. The smallest absolute Gasteiger partial charge is 0.220 e. The molecule has 0 radical (unpaired) electrons. The van der Waals surface area contributed by atoms with Crippen molar-refractivity contribution in [1.29, 1.82) is 0 Å².